The molecule has 2 unspecified atom stereocenters. The van der Waals surface area contributed by atoms with Crippen LogP contribution in [0.4, 0.5) is 0 Å². The first kappa shape index (κ1) is 12.6. The van der Waals surface area contributed by atoms with Crippen molar-refractivity contribution in [2.75, 3.05) is 0 Å². The van der Waals surface area contributed by atoms with E-state index in [1.807, 2.05) is 0 Å². The second-order valence-electron chi connectivity index (χ2n) is 6.01. The monoisotopic (exact) mass is 240 g/mol. The Labute approximate surface area is 101 Å². The van der Waals surface area contributed by atoms with Gasteiger partial charge in [0.15, 0.2) is 0 Å². The van der Waals surface area contributed by atoms with Crippen LogP contribution in [0.3, 0.4) is 0 Å². The van der Waals surface area contributed by atoms with Crippen molar-refractivity contribution in [1.29, 1.82) is 0 Å². The Balaban J connectivity index is 2.31. The van der Waals surface area contributed by atoms with Crippen LogP contribution in [0.2, 0.25) is 0 Å². The number of carbonyl (C=O) groups is 1. The molecular weight excluding hydrogens is 220 g/mol. The van der Waals surface area contributed by atoms with Gasteiger partial charge in [-0.05, 0) is 30.3 Å². The molecule has 0 aliphatic heterocycles. The second-order valence-corrected chi connectivity index (χ2v) is 6.01. The van der Waals surface area contributed by atoms with E-state index in [0.717, 1.165) is 30.4 Å². The molecule has 0 saturated carbocycles. The zero-order valence-corrected chi connectivity index (χ0v) is 10.4. The SMILES string of the molecule is CC1(C)CCCC2=C1C(O)C(O)(CC(=O)O)C2. The maximum atomic E-state index is 10.8. The molecule has 2 aliphatic rings. The summed E-state index contributed by atoms with van der Waals surface area (Å²) in [7, 11) is 0. The van der Waals surface area contributed by atoms with Gasteiger partial charge in [-0.25, -0.2) is 0 Å². The fourth-order valence-electron chi connectivity index (χ4n) is 3.39. The van der Waals surface area contributed by atoms with Crippen molar-refractivity contribution >= 4 is 5.97 Å². The van der Waals surface area contributed by atoms with Gasteiger partial charge in [-0.1, -0.05) is 19.4 Å². The van der Waals surface area contributed by atoms with E-state index in [1.165, 1.54) is 0 Å². The second kappa shape index (κ2) is 3.82. The van der Waals surface area contributed by atoms with Crippen molar-refractivity contribution in [3.8, 4) is 0 Å². The number of aliphatic hydroxyl groups is 2. The number of carboxylic acids is 1. The quantitative estimate of drug-likeness (QED) is 0.639. The number of carboxylic acid groups (broad SMARTS) is 1. The summed E-state index contributed by atoms with van der Waals surface area (Å²) in [6.45, 7) is 4.11. The highest BCUT2D eigenvalue weighted by atomic mass is 16.4. The topological polar surface area (TPSA) is 77.8 Å². The van der Waals surface area contributed by atoms with Gasteiger partial charge >= 0.3 is 5.97 Å². The van der Waals surface area contributed by atoms with Gasteiger partial charge in [-0.2, -0.15) is 0 Å². The highest BCUT2D eigenvalue weighted by Crippen LogP contribution is 2.51. The molecule has 0 aromatic heterocycles. The zero-order valence-electron chi connectivity index (χ0n) is 10.4. The van der Waals surface area contributed by atoms with Gasteiger partial charge in [-0.15, -0.1) is 0 Å². The summed E-state index contributed by atoms with van der Waals surface area (Å²) >= 11 is 0. The summed E-state index contributed by atoms with van der Waals surface area (Å²) in [4.78, 5) is 10.8. The summed E-state index contributed by atoms with van der Waals surface area (Å²) in [5.41, 5.74) is 0.318. The number of rotatable bonds is 2. The van der Waals surface area contributed by atoms with E-state index in [2.05, 4.69) is 13.8 Å². The largest absolute Gasteiger partial charge is 0.481 e. The van der Waals surface area contributed by atoms with Gasteiger partial charge in [0.1, 0.15) is 11.7 Å². The Hall–Kier alpha value is -0.870. The Bertz CT molecular complexity index is 383. The van der Waals surface area contributed by atoms with Crippen LogP contribution >= 0.6 is 0 Å². The van der Waals surface area contributed by atoms with E-state index in [9.17, 15) is 15.0 Å². The van der Waals surface area contributed by atoms with E-state index in [4.69, 9.17) is 5.11 Å². The predicted octanol–water partition coefficient (Wildman–Crippen LogP) is 1.46. The smallest absolute Gasteiger partial charge is 0.306 e. The third-order valence-electron chi connectivity index (χ3n) is 4.15. The standard InChI is InChI=1S/C13H20O4/c1-12(2)5-3-4-8-6-13(17,7-9(14)15)11(16)10(8)12/h11,16-17H,3-7H2,1-2H3,(H,14,15). The molecule has 4 nitrogen and oxygen atoms in total. The van der Waals surface area contributed by atoms with Gasteiger partial charge in [0.25, 0.3) is 0 Å². The van der Waals surface area contributed by atoms with Crippen LogP contribution in [0.15, 0.2) is 11.1 Å². The molecule has 0 fully saturated rings. The number of aliphatic hydroxyl groups excluding tert-OH is 1. The minimum atomic E-state index is -1.50. The minimum absolute atomic E-state index is 0.129. The molecule has 0 spiro atoms. The van der Waals surface area contributed by atoms with Gasteiger partial charge in [0.05, 0.1) is 6.42 Å². The van der Waals surface area contributed by atoms with E-state index in [-0.39, 0.29) is 5.41 Å². The van der Waals surface area contributed by atoms with E-state index < -0.39 is 24.1 Å². The van der Waals surface area contributed by atoms with Crippen LogP contribution in [-0.4, -0.2) is 33.0 Å². The van der Waals surface area contributed by atoms with Crippen molar-refractivity contribution in [2.45, 2.75) is 57.7 Å². The third-order valence-corrected chi connectivity index (χ3v) is 4.15. The minimum Gasteiger partial charge on any atom is -0.481 e. The van der Waals surface area contributed by atoms with Crippen molar-refractivity contribution in [1.82, 2.24) is 0 Å². The molecule has 3 N–H and O–H groups in total. The van der Waals surface area contributed by atoms with Gasteiger partial charge in [0.2, 0.25) is 0 Å². The lowest BCUT2D eigenvalue weighted by Crippen LogP contribution is -2.43. The van der Waals surface area contributed by atoms with Crippen LogP contribution < -0.4 is 0 Å². The Kier molecular flexibility index (Phi) is 2.83. The predicted molar refractivity (Wildman–Crippen MR) is 62.5 cm³/mol. The number of hydrogen-bond acceptors (Lipinski definition) is 3. The first-order valence-corrected chi connectivity index (χ1v) is 6.11. The molecule has 0 aromatic carbocycles. The summed E-state index contributed by atoms with van der Waals surface area (Å²) in [6, 6.07) is 0. The Morgan fingerprint density at radius 2 is 2.12 bits per heavy atom. The van der Waals surface area contributed by atoms with Crippen molar-refractivity contribution in [2.24, 2.45) is 5.41 Å². The molecule has 0 amide bonds. The molecule has 0 heterocycles. The summed E-state index contributed by atoms with van der Waals surface area (Å²) in [5, 5.41) is 29.4. The van der Waals surface area contributed by atoms with Crippen LogP contribution in [0, 0.1) is 5.41 Å². The lowest BCUT2D eigenvalue weighted by Gasteiger charge is -2.35. The van der Waals surface area contributed by atoms with E-state index >= 15 is 0 Å². The van der Waals surface area contributed by atoms with Crippen LogP contribution in [0.1, 0.15) is 46.0 Å². The number of hydrogen-bond donors (Lipinski definition) is 3. The normalized spacial score (nSPS) is 35.9. The molecule has 2 rings (SSSR count). The first-order valence-electron chi connectivity index (χ1n) is 6.11. The zero-order chi connectivity index (χ0) is 12.8. The lowest BCUT2D eigenvalue weighted by molar-refractivity contribution is -0.146. The van der Waals surface area contributed by atoms with Crippen LogP contribution in [-0.2, 0) is 4.79 Å². The van der Waals surface area contributed by atoms with Gasteiger partial charge < -0.3 is 15.3 Å². The summed E-state index contributed by atoms with van der Waals surface area (Å²) < 4.78 is 0. The third kappa shape index (κ3) is 2.00. The fraction of sp³-hybridized carbons (Fsp3) is 0.769. The average Bonchev–Trinajstić information content (AvgIpc) is 2.37. The average molecular weight is 240 g/mol. The van der Waals surface area contributed by atoms with E-state index in [0.29, 0.717) is 6.42 Å². The number of aliphatic carboxylic acids is 1. The Morgan fingerprint density at radius 3 is 2.65 bits per heavy atom. The molecule has 0 aromatic rings. The Morgan fingerprint density at radius 1 is 1.47 bits per heavy atom. The molecule has 0 saturated heterocycles. The van der Waals surface area contributed by atoms with E-state index in [1.54, 1.807) is 0 Å². The molecule has 2 atom stereocenters. The first-order chi connectivity index (χ1) is 7.76. The molecule has 96 valence electrons. The highest BCUT2D eigenvalue weighted by Gasteiger charge is 2.51. The maximum absolute atomic E-state index is 10.8. The summed E-state index contributed by atoms with van der Waals surface area (Å²) in [6.07, 6.45) is 1.78. The van der Waals surface area contributed by atoms with Gasteiger partial charge in [-0.3, -0.25) is 4.79 Å². The van der Waals surface area contributed by atoms with Gasteiger partial charge in [0, 0.05) is 6.42 Å². The van der Waals surface area contributed by atoms with Crippen molar-refractivity contribution in [3.63, 3.8) is 0 Å². The molecule has 4 heteroatoms. The molecule has 0 radical (unpaired) electrons. The van der Waals surface area contributed by atoms with Crippen molar-refractivity contribution < 1.29 is 20.1 Å². The summed E-state index contributed by atoms with van der Waals surface area (Å²) in [5.74, 6) is -1.07. The molecular formula is C13H20O4. The molecule has 17 heavy (non-hydrogen) atoms. The highest BCUT2D eigenvalue weighted by molar-refractivity contribution is 5.69. The lowest BCUT2D eigenvalue weighted by atomic mass is 9.72. The fourth-order valence-corrected chi connectivity index (χ4v) is 3.39. The maximum Gasteiger partial charge on any atom is 0.306 e. The van der Waals surface area contributed by atoms with Crippen LogP contribution in [0.5, 0.6) is 0 Å². The molecule has 2 aliphatic carbocycles. The molecule has 0 bridgehead atoms. The van der Waals surface area contributed by atoms with Crippen LogP contribution in [0.25, 0.3) is 0 Å². The van der Waals surface area contributed by atoms with Crippen molar-refractivity contribution in [3.05, 3.63) is 11.1 Å².